The van der Waals surface area contributed by atoms with Crippen LogP contribution in [0.2, 0.25) is 0 Å². The second-order valence-electron chi connectivity index (χ2n) is 5.51. The molecule has 132 valence electrons. The maximum atomic E-state index is 5.69. The molecule has 0 spiro atoms. The van der Waals surface area contributed by atoms with Crippen LogP contribution in [0.1, 0.15) is 18.9 Å². The van der Waals surface area contributed by atoms with E-state index in [2.05, 4.69) is 60.6 Å². The zero-order valence-corrected chi connectivity index (χ0v) is 17.1. The van der Waals surface area contributed by atoms with E-state index in [1.54, 1.807) is 0 Å². The molecular weight excluding hydrogens is 403 g/mol. The second-order valence-corrected chi connectivity index (χ2v) is 5.51. The standard InChI is InChI=1S/C17H30N4O.HI/c1-5-18-17(19-11-6-13-21(3)4)20-12-14-22-16-9-7-15(2)8-10-16;/h7-10H,5-6,11-14H2,1-4H3,(H2,18,19,20);1H. The highest BCUT2D eigenvalue weighted by Crippen LogP contribution is 2.10. The Bertz CT molecular complexity index is 435. The largest absolute Gasteiger partial charge is 0.492 e. The summed E-state index contributed by atoms with van der Waals surface area (Å²) in [5.41, 5.74) is 1.24. The summed E-state index contributed by atoms with van der Waals surface area (Å²) in [7, 11) is 4.16. The van der Waals surface area contributed by atoms with E-state index in [4.69, 9.17) is 4.74 Å². The molecule has 0 saturated heterocycles. The van der Waals surface area contributed by atoms with Crippen LogP contribution in [-0.4, -0.2) is 57.7 Å². The lowest BCUT2D eigenvalue weighted by atomic mass is 10.2. The highest BCUT2D eigenvalue weighted by atomic mass is 127. The number of hydrogen-bond acceptors (Lipinski definition) is 3. The molecule has 0 fully saturated rings. The van der Waals surface area contributed by atoms with Gasteiger partial charge in [0.15, 0.2) is 5.96 Å². The lowest BCUT2D eigenvalue weighted by molar-refractivity contribution is 0.322. The molecule has 1 rings (SSSR count). The van der Waals surface area contributed by atoms with Crippen molar-refractivity contribution >= 4 is 29.9 Å². The Kier molecular flexibility index (Phi) is 12.8. The van der Waals surface area contributed by atoms with Crippen molar-refractivity contribution in [3.05, 3.63) is 29.8 Å². The first kappa shape index (κ1) is 22.0. The molecule has 2 N–H and O–H groups in total. The molecule has 6 heteroatoms. The Morgan fingerprint density at radius 2 is 1.87 bits per heavy atom. The van der Waals surface area contributed by atoms with Crippen molar-refractivity contribution in [3.8, 4) is 5.75 Å². The molecule has 0 unspecified atom stereocenters. The smallest absolute Gasteiger partial charge is 0.191 e. The molecule has 0 aliphatic carbocycles. The third-order valence-electron chi connectivity index (χ3n) is 3.06. The molecule has 0 atom stereocenters. The van der Waals surface area contributed by atoms with Gasteiger partial charge in [0.1, 0.15) is 12.4 Å². The Labute approximate surface area is 157 Å². The van der Waals surface area contributed by atoms with Crippen LogP contribution in [0.5, 0.6) is 5.75 Å². The quantitative estimate of drug-likeness (QED) is 0.272. The Morgan fingerprint density at radius 3 is 2.48 bits per heavy atom. The maximum Gasteiger partial charge on any atom is 0.191 e. The molecule has 5 nitrogen and oxygen atoms in total. The molecule has 0 radical (unpaired) electrons. The van der Waals surface area contributed by atoms with Crippen molar-refractivity contribution in [1.82, 2.24) is 15.5 Å². The van der Waals surface area contributed by atoms with Crippen LogP contribution in [0, 0.1) is 6.92 Å². The summed E-state index contributed by atoms with van der Waals surface area (Å²) in [6.45, 7) is 8.23. The van der Waals surface area contributed by atoms with Crippen LogP contribution in [0.15, 0.2) is 29.3 Å². The highest BCUT2D eigenvalue weighted by Gasteiger charge is 1.98. The van der Waals surface area contributed by atoms with Gasteiger partial charge >= 0.3 is 0 Å². The number of nitrogens with one attached hydrogen (secondary N) is 2. The molecule has 0 saturated carbocycles. The second kappa shape index (κ2) is 13.4. The third-order valence-corrected chi connectivity index (χ3v) is 3.06. The summed E-state index contributed by atoms with van der Waals surface area (Å²) in [5.74, 6) is 1.76. The van der Waals surface area contributed by atoms with E-state index in [1.807, 2.05) is 12.1 Å². The van der Waals surface area contributed by atoms with Crippen LogP contribution in [0.25, 0.3) is 0 Å². The van der Waals surface area contributed by atoms with Crippen molar-refractivity contribution in [2.75, 3.05) is 46.9 Å². The Morgan fingerprint density at radius 1 is 1.17 bits per heavy atom. The van der Waals surface area contributed by atoms with Crippen molar-refractivity contribution in [3.63, 3.8) is 0 Å². The number of nitrogens with zero attached hydrogens (tertiary/aromatic N) is 2. The van der Waals surface area contributed by atoms with Gasteiger partial charge in [-0.2, -0.15) is 0 Å². The minimum absolute atomic E-state index is 0. The zero-order chi connectivity index (χ0) is 16.2. The normalized spacial score (nSPS) is 11.1. The number of rotatable bonds is 9. The summed E-state index contributed by atoms with van der Waals surface area (Å²) in [4.78, 5) is 6.73. The van der Waals surface area contributed by atoms with Gasteiger partial charge in [-0.1, -0.05) is 17.7 Å². The zero-order valence-electron chi connectivity index (χ0n) is 14.8. The molecule has 23 heavy (non-hydrogen) atoms. The summed E-state index contributed by atoms with van der Waals surface area (Å²) in [6, 6.07) is 8.10. The predicted molar refractivity (Wildman–Crippen MR) is 109 cm³/mol. The van der Waals surface area contributed by atoms with Crippen molar-refractivity contribution in [2.24, 2.45) is 4.99 Å². The minimum Gasteiger partial charge on any atom is -0.492 e. The molecule has 0 amide bonds. The first-order valence-corrected chi connectivity index (χ1v) is 7.98. The van der Waals surface area contributed by atoms with Crippen molar-refractivity contribution in [1.29, 1.82) is 0 Å². The Balaban J connectivity index is 0.00000484. The monoisotopic (exact) mass is 434 g/mol. The predicted octanol–water partition coefficient (Wildman–Crippen LogP) is 2.50. The van der Waals surface area contributed by atoms with Crippen molar-refractivity contribution in [2.45, 2.75) is 20.3 Å². The van der Waals surface area contributed by atoms with E-state index in [9.17, 15) is 0 Å². The lowest BCUT2D eigenvalue weighted by Gasteiger charge is -2.13. The van der Waals surface area contributed by atoms with E-state index in [1.165, 1.54) is 5.56 Å². The lowest BCUT2D eigenvalue weighted by Crippen LogP contribution is -2.39. The first-order valence-electron chi connectivity index (χ1n) is 7.98. The van der Waals surface area contributed by atoms with E-state index < -0.39 is 0 Å². The van der Waals surface area contributed by atoms with Gasteiger partial charge in [-0.15, -0.1) is 24.0 Å². The molecule has 1 aromatic carbocycles. The van der Waals surface area contributed by atoms with Crippen LogP contribution < -0.4 is 15.4 Å². The topological polar surface area (TPSA) is 48.9 Å². The van der Waals surface area contributed by atoms with Crippen molar-refractivity contribution < 1.29 is 4.74 Å². The average Bonchev–Trinajstić information content (AvgIpc) is 2.49. The molecule has 1 aromatic rings. The fourth-order valence-corrected chi connectivity index (χ4v) is 1.89. The number of hydrogen-bond donors (Lipinski definition) is 2. The summed E-state index contributed by atoms with van der Waals surface area (Å²) in [6.07, 6.45) is 1.06. The average molecular weight is 434 g/mol. The van der Waals surface area contributed by atoms with Gasteiger partial charge in [0.2, 0.25) is 0 Å². The minimum atomic E-state index is 0. The molecule has 0 heterocycles. The number of halogens is 1. The SMILES string of the molecule is CCNC(=NCCCN(C)C)NCCOc1ccc(C)cc1.I. The Hall–Kier alpha value is -1.02. The maximum absolute atomic E-state index is 5.69. The summed E-state index contributed by atoms with van der Waals surface area (Å²) < 4.78 is 5.69. The van der Waals surface area contributed by atoms with E-state index in [0.717, 1.165) is 44.3 Å². The van der Waals surface area contributed by atoms with Gasteiger partial charge < -0.3 is 20.3 Å². The van der Waals surface area contributed by atoms with Gasteiger partial charge in [-0.3, -0.25) is 4.99 Å². The van der Waals surface area contributed by atoms with Gasteiger partial charge in [0.25, 0.3) is 0 Å². The van der Waals surface area contributed by atoms with Crippen LogP contribution in [0.3, 0.4) is 0 Å². The van der Waals surface area contributed by atoms with Crippen LogP contribution >= 0.6 is 24.0 Å². The fraction of sp³-hybridized carbons (Fsp3) is 0.588. The van der Waals surface area contributed by atoms with Crippen LogP contribution in [0.4, 0.5) is 0 Å². The van der Waals surface area contributed by atoms with Gasteiger partial charge in [-0.25, -0.2) is 0 Å². The molecule has 0 aliphatic heterocycles. The number of ether oxygens (including phenoxy) is 1. The van der Waals surface area contributed by atoms with Crippen LogP contribution in [-0.2, 0) is 0 Å². The van der Waals surface area contributed by atoms with Gasteiger partial charge in [-0.05, 0) is 53.0 Å². The van der Waals surface area contributed by atoms with Gasteiger partial charge in [0.05, 0.1) is 6.54 Å². The summed E-state index contributed by atoms with van der Waals surface area (Å²) >= 11 is 0. The van der Waals surface area contributed by atoms with E-state index in [-0.39, 0.29) is 24.0 Å². The van der Waals surface area contributed by atoms with E-state index in [0.29, 0.717) is 6.61 Å². The highest BCUT2D eigenvalue weighted by molar-refractivity contribution is 14.0. The number of benzene rings is 1. The fourth-order valence-electron chi connectivity index (χ4n) is 1.89. The number of aliphatic imine (C=N–C) groups is 1. The molecule has 0 aromatic heterocycles. The molecule has 0 aliphatic rings. The summed E-state index contributed by atoms with van der Waals surface area (Å²) in [5, 5.41) is 6.54. The number of aryl methyl sites for hydroxylation is 1. The van der Waals surface area contributed by atoms with E-state index >= 15 is 0 Å². The third kappa shape index (κ3) is 11.2. The molecule has 0 bridgehead atoms. The molecular formula is C17H31IN4O. The van der Waals surface area contributed by atoms with Gasteiger partial charge in [0, 0.05) is 13.1 Å². The first-order chi connectivity index (χ1) is 10.6. The number of guanidine groups is 1.